The number of H-pyrrole nitrogens is 1. The van der Waals surface area contributed by atoms with Crippen LogP contribution in [0.4, 0.5) is 5.82 Å². The number of carbonyl (C=O) groups is 1. The highest BCUT2D eigenvalue weighted by atomic mass is 17.2. The summed E-state index contributed by atoms with van der Waals surface area (Å²) >= 11 is 0. The molecule has 8 heteroatoms. The van der Waals surface area contributed by atoms with Gasteiger partial charge in [0.1, 0.15) is 13.2 Å². The van der Waals surface area contributed by atoms with Crippen molar-refractivity contribution in [3.05, 3.63) is 48.0 Å². The smallest absolute Gasteiger partial charge is 0.239 e. The standard InChI is InChI=1S/C18H21N5O3/c1-22-12-26-25-10-16-18(22)21-11-23(16)9-17(24)19-7-6-13-8-20-15-5-3-2-4-14(13)15/h2-5,8,11,20H,6-7,9-10,12H2,1H3,(H,19,24). The van der Waals surface area contributed by atoms with Crippen LogP contribution >= 0.6 is 0 Å². The molecule has 2 aromatic heterocycles. The van der Waals surface area contributed by atoms with Gasteiger partial charge in [0.25, 0.3) is 0 Å². The van der Waals surface area contributed by atoms with E-state index in [9.17, 15) is 4.79 Å². The summed E-state index contributed by atoms with van der Waals surface area (Å²) in [6.45, 7) is 1.35. The molecule has 3 aromatic rings. The van der Waals surface area contributed by atoms with E-state index in [-0.39, 0.29) is 19.1 Å². The number of para-hydroxylation sites is 1. The molecular weight excluding hydrogens is 334 g/mol. The van der Waals surface area contributed by atoms with Crippen molar-refractivity contribution in [1.29, 1.82) is 0 Å². The molecule has 0 aliphatic carbocycles. The third-order valence-electron chi connectivity index (χ3n) is 4.52. The monoisotopic (exact) mass is 355 g/mol. The van der Waals surface area contributed by atoms with Gasteiger partial charge in [-0.3, -0.25) is 4.79 Å². The molecule has 8 nitrogen and oxygen atoms in total. The fourth-order valence-electron chi connectivity index (χ4n) is 3.16. The van der Waals surface area contributed by atoms with Gasteiger partial charge in [-0.1, -0.05) is 18.2 Å². The number of aromatic amines is 1. The Kier molecular flexibility index (Phi) is 4.59. The molecule has 1 aliphatic rings. The van der Waals surface area contributed by atoms with Crippen molar-refractivity contribution in [1.82, 2.24) is 19.9 Å². The number of benzene rings is 1. The lowest BCUT2D eigenvalue weighted by Gasteiger charge is -2.12. The van der Waals surface area contributed by atoms with Crippen molar-refractivity contribution in [3.8, 4) is 0 Å². The van der Waals surface area contributed by atoms with Crippen LogP contribution < -0.4 is 10.2 Å². The van der Waals surface area contributed by atoms with Crippen molar-refractivity contribution >= 4 is 22.6 Å². The van der Waals surface area contributed by atoms with Gasteiger partial charge in [-0.25, -0.2) is 14.8 Å². The Hall–Kier alpha value is -2.84. The van der Waals surface area contributed by atoms with E-state index in [4.69, 9.17) is 9.78 Å². The molecular formula is C18H21N5O3. The number of hydrogen-bond donors (Lipinski definition) is 2. The Morgan fingerprint density at radius 3 is 3.15 bits per heavy atom. The second-order valence-corrected chi connectivity index (χ2v) is 6.31. The summed E-state index contributed by atoms with van der Waals surface area (Å²) in [5.74, 6) is 0.715. The van der Waals surface area contributed by atoms with Crippen LogP contribution in [0.3, 0.4) is 0 Å². The van der Waals surface area contributed by atoms with Gasteiger partial charge in [0.15, 0.2) is 12.5 Å². The van der Waals surface area contributed by atoms with Crippen molar-refractivity contribution in [2.75, 3.05) is 25.2 Å². The number of hydrogen-bond acceptors (Lipinski definition) is 5. The molecule has 0 radical (unpaired) electrons. The summed E-state index contributed by atoms with van der Waals surface area (Å²) in [7, 11) is 1.87. The van der Waals surface area contributed by atoms with Gasteiger partial charge >= 0.3 is 0 Å². The van der Waals surface area contributed by atoms with Crippen LogP contribution in [0, 0.1) is 0 Å². The number of nitrogens with zero attached hydrogens (tertiary/aromatic N) is 3. The number of nitrogens with one attached hydrogen (secondary N) is 2. The maximum absolute atomic E-state index is 12.3. The molecule has 0 fully saturated rings. The lowest BCUT2D eigenvalue weighted by molar-refractivity contribution is -0.300. The fraction of sp³-hybridized carbons (Fsp3) is 0.333. The lowest BCUT2D eigenvalue weighted by atomic mass is 10.1. The van der Waals surface area contributed by atoms with Crippen molar-refractivity contribution in [2.24, 2.45) is 0 Å². The van der Waals surface area contributed by atoms with Gasteiger partial charge in [-0.2, -0.15) is 0 Å². The van der Waals surface area contributed by atoms with E-state index in [1.807, 2.05) is 36.3 Å². The second kappa shape index (κ2) is 7.19. The quantitative estimate of drug-likeness (QED) is 0.679. The summed E-state index contributed by atoms with van der Waals surface area (Å²) in [6, 6.07) is 8.16. The van der Waals surface area contributed by atoms with Gasteiger partial charge in [0, 0.05) is 30.7 Å². The summed E-state index contributed by atoms with van der Waals surface area (Å²) in [5, 5.41) is 4.17. The zero-order valence-electron chi connectivity index (χ0n) is 14.6. The maximum Gasteiger partial charge on any atom is 0.239 e. The van der Waals surface area contributed by atoms with Crippen LogP contribution in [0.25, 0.3) is 10.9 Å². The Morgan fingerprint density at radius 2 is 2.23 bits per heavy atom. The molecule has 1 amide bonds. The highest BCUT2D eigenvalue weighted by molar-refractivity contribution is 5.83. The Labute approximate surface area is 150 Å². The van der Waals surface area contributed by atoms with E-state index in [1.165, 1.54) is 10.9 Å². The largest absolute Gasteiger partial charge is 0.361 e. The van der Waals surface area contributed by atoms with E-state index < -0.39 is 0 Å². The SMILES string of the molecule is CN1COOCc2c1ncn2CC(=O)NCCc1c[nH]c2ccccc12. The first-order valence-electron chi connectivity index (χ1n) is 8.53. The molecule has 0 saturated heterocycles. The number of amides is 1. The summed E-state index contributed by atoms with van der Waals surface area (Å²) < 4.78 is 1.79. The highest BCUT2D eigenvalue weighted by Crippen LogP contribution is 2.21. The maximum atomic E-state index is 12.3. The molecule has 1 aromatic carbocycles. The predicted octanol–water partition coefficient (Wildman–Crippen LogP) is 1.58. The van der Waals surface area contributed by atoms with Crippen LogP contribution in [-0.2, 0) is 34.1 Å². The van der Waals surface area contributed by atoms with Crippen LogP contribution in [0.1, 0.15) is 11.3 Å². The zero-order chi connectivity index (χ0) is 17.9. The van der Waals surface area contributed by atoms with Crippen molar-refractivity contribution in [3.63, 3.8) is 0 Å². The minimum Gasteiger partial charge on any atom is -0.361 e. The van der Waals surface area contributed by atoms with E-state index in [0.29, 0.717) is 13.3 Å². The molecule has 4 rings (SSSR count). The molecule has 1 aliphatic heterocycles. The molecule has 0 spiro atoms. The minimum atomic E-state index is -0.0575. The molecule has 26 heavy (non-hydrogen) atoms. The van der Waals surface area contributed by atoms with Gasteiger partial charge in [-0.05, 0) is 18.1 Å². The average Bonchev–Trinajstić information content (AvgIpc) is 3.18. The van der Waals surface area contributed by atoms with Crippen LogP contribution in [-0.4, -0.2) is 40.8 Å². The number of aromatic nitrogens is 3. The van der Waals surface area contributed by atoms with Crippen LogP contribution in [0.2, 0.25) is 0 Å². The first-order valence-corrected chi connectivity index (χ1v) is 8.53. The molecule has 0 atom stereocenters. The van der Waals surface area contributed by atoms with E-state index >= 15 is 0 Å². The molecule has 136 valence electrons. The van der Waals surface area contributed by atoms with Gasteiger partial charge in [0.05, 0.1) is 12.0 Å². The lowest BCUT2D eigenvalue weighted by Crippen LogP contribution is -2.29. The Morgan fingerprint density at radius 1 is 1.35 bits per heavy atom. The summed E-state index contributed by atoms with van der Waals surface area (Å²) in [5.41, 5.74) is 3.14. The molecule has 0 saturated carbocycles. The predicted molar refractivity (Wildman–Crippen MR) is 96.4 cm³/mol. The summed E-state index contributed by atoms with van der Waals surface area (Å²) in [6.07, 6.45) is 4.44. The molecule has 2 N–H and O–H groups in total. The number of carbonyl (C=O) groups excluding carboxylic acids is 1. The number of imidazole rings is 1. The highest BCUT2D eigenvalue weighted by Gasteiger charge is 2.20. The van der Waals surface area contributed by atoms with E-state index in [2.05, 4.69) is 21.4 Å². The number of anilines is 1. The van der Waals surface area contributed by atoms with E-state index in [1.54, 1.807) is 10.9 Å². The summed E-state index contributed by atoms with van der Waals surface area (Å²) in [4.78, 5) is 31.9. The van der Waals surface area contributed by atoms with E-state index in [0.717, 1.165) is 23.4 Å². The molecule has 0 unspecified atom stereocenters. The first-order chi connectivity index (χ1) is 12.7. The Bertz CT molecular complexity index is 917. The van der Waals surface area contributed by atoms with Gasteiger partial charge in [-0.15, -0.1) is 0 Å². The van der Waals surface area contributed by atoms with Crippen molar-refractivity contribution < 1.29 is 14.6 Å². The third kappa shape index (κ3) is 3.29. The zero-order valence-corrected chi connectivity index (χ0v) is 14.6. The molecule has 0 bridgehead atoms. The first kappa shape index (κ1) is 16.6. The Balaban J connectivity index is 1.35. The third-order valence-corrected chi connectivity index (χ3v) is 4.52. The van der Waals surface area contributed by atoms with Crippen molar-refractivity contribution in [2.45, 2.75) is 19.6 Å². The van der Waals surface area contributed by atoms with Crippen LogP contribution in [0.5, 0.6) is 0 Å². The number of fused-ring (bicyclic) bond motifs is 2. The topological polar surface area (TPSA) is 84.4 Å². The van der Waals surface area contributed by atoms with Gasteiger partial charge in [0.2, 0.25) is 5.91 Å². The second-order valence-electron chi connectivity index (χ2n) is 6.31. The van der Waals surface area contributed by atoms with Crippen LogP contribution in [0.15, 0.2) is 36.8 Å². The van der Waals surface area contributed by atoms with Gasteiger partial charge < -0.3 is 19.8 Å². The average molecular weight is 355 g/mol. The minimum absolute atomic E-state index is 0.0575. The fourth-order valence-corrected chi connectivity index (χ4v) is 3.16. The normalized spacial score (nSPS) is 14.3. The molecule has 3 heterocycles. The number of rotatable bonds is 5.